The second-order valence-electron chi connectivity index (χ2n) is 4.68. The summed E-state index contributed by atoms with van der Waals surface area (Å²) in [4.78, 5) is 11.4. The van der Waals surface area contributed by atoms with Crippen LogP contribution in [0, 0.1) is 5.92 Å². The molecule has 0 aliphatic heterocycles. The molecule has 1 aliphatic carbocycles. The minimum Gasteiger partial charge on any atom is -0.479 e. The monoisotopic (exact) mass is 214 g/mol. The molecule has 0 aromatic heterocycles. The molecule has 0 saturated heterocycles. The zero-order chi connectivity index (χ0) is 11.5. The summed E-state index contributed by atoms with van der Waals surface area (Å²) >= 11 is 0. The summed E-state index contributed by atoms with van der Waals surface area (Å²) in [6, 6.07) is 0. The van der Waals surface area contributed by atoms with Crippen LogP contribution >= 0.6 is 0 Å². The van der Waals surface area contributed by atoms with Gasteiger partial charge in [-0.05, 0) is 38.5 Å². The van der Waals surface area contributed by atoms with Gasteiger partial charge in [0.1, 0.15) is 0 Å². The Bertz CT molecular complexity index is 227. The number of hydrogen-bond donors (Lipinski definition) is 1. The van der Waals surface area contributed by atoms with Crippen LogP contribution in [0.15, 0.2) is 0 Å². The number of carbonyl (C=O) groups is 1. The Kier molecular flexibility index (Phi) is 4.14. The summed E-state index contributed by atoms with van der Waals surface area (Å²) < 4.78 is 5.80. The lowest BCUT2D eigenvalue weighted by Gasteiger charge is -2.40. The molecule has 1 fully saturated rings. The molecule has 0 amide bonds. The molecular weight excluding hydrogens is 192 g/mol. The number of rotatable bonds is 4. The van der Waals surface area contributed by atoms with E-state index in [1.807, 2.05) is 20.8 Å². The van der Waals surface area contributed by atoms with Gasteiger partial charge in [-0.3, -0.25) is 0 Å². The Labute approximate surface area is 91.8 Å². The highest BCUT2D eigenvalue weighted by molar-refractivity contribution is 5.78. The molecule has 3 nitrogen and oxygen atoms in total. The van der Waals surface area contributed by atoms with E-state index in [9.17, 15) is 9.90 Å². The molecule has 0 spiro atoms. The molecule has 1 rings (SSSR count). The van der Waals surface area contributed by atoms with Crippen molar-refractivity contribution in [3.63, 3.8) is 0 Å². The Morgan fingerprint density at radius 3 is 2.73 bits per heavy atom. The highest BCUT2D eigenvalue weighted by atomic mass is 16.5. The zero-order valence-corrected chi connectivity index (χ0v) is 9.95. The molecule has 3 heteroatoms. The molecule has 0 aromatic rings. The maximum absolute atomic E-state index is 11.4. The second-order valence-corrected chi connectivity index (χ2v) is 4.68. The molecule has 0 bridgehead atoms. The van der Waals surface area contributed by atoms with E-state index >= 15 is 0 Å². The lowest BCUT2D eigenvalue weighted by molar-refractivity contribution is -0.188. The molecule has 0 radical (unpaired) electrons. The highest BCUT2D eigenvalue weighted by Gasteiger charge is 2.47. The van der Waals surface area contributed by atoms with E-state index < -0.39 is 11.6 Å². The van der Waals surface area contributed by atoms with Crippen molar-refractivity contribution >= 4 is 5.97 Å². The van der Waals surface area contributed by atoms with Gasteiger partial charge in [-0.1, -0.05) is 20.3 Å². The van der Waals surface area contributed by atoms with Gasteiger partial charge in [0, 0.05) is 0 Å². The van der Waals surface area contributed by atoms with Crippen LogP contribution in [0.1, 0.15) is 52.9 Å². The molecule has 1 aliphatic rings. The van der Waals surface area contributed by atoms with E-state index in [2.05, 4.69) is 0 Å². The van der Waals surface area contributed by atoms with Crippen molar-refractivity contribution in [2.24, 2.45) is 5.92 Å². The summed E-state index contributed by atoms with van der Waals surface area (Å²) in [6.07, 6.45) is 4.60. The number of ether oxygens (including phenoxy) is 1. The van der Waals surface area contributed by atoms with Crippen molar-refractivity contribution in [1.82, 2.24) is 0 Å². The van der Waals surface area contributed by atoms with Gasteiger partial charge in [0.25, 0.3) is 0 Å². The molecule has 0 heterocycles. The van der Waals surface area contributed by atoms with Gasteiger partial charge < -0.3 is 9.84 Å². The predicted molar refractivity (Wildman–Crippen MR) is 58.8 cm³/mol. The van der Waals surface area contributed by atoms with Crippen LogP contribution in [-0.2, 0) is 9.53 Å². The molecule has 3 atom stereocenters. The number of carboxylic acids is 1. The van der Waals surface area contributed by atoms with Gasteiger partial charge in [-0.15, -0.1) is 0 Å². The average molecular weight is 214 g/mol. The van der Waals surface area contributed by atoms with Crippen LogP contribution in [0.25, 0.3) is 0 Å². The zero-order valence-electron chi connectivity index (χ0n) is 9.95. The van der Waals surface area contributed by atoms with E-state index in [1.165, 1.54) is 0 Å². The van der Waals surface area contributed by atoms with Crippen molar-refractivity contribution in [3.05, 3.63) is 0 Å². The van der Waals surface area contributed by atoms with Crippen molar-refractivity contribution in [2.45, 2.75) is 64.6 Å². The van der Waals surface area contributed by atoms with E-state index in [-0.39, 0.29) is 12.0 Å². The summed E-state index contributed by atoms with van der Waals surface area (Å²) in [5.74, 6) is -0.659. The lowest BCUT2D eigenvalue weighted by atomic mass is 9.76. The predicted octanol–water partition coefficient (Wildman–Crippen LogP) is 2.84. The third-order valence-corrected chi connectivity index (χ3v) is 3.58. The molecule has 88 valence electrons. The van der Waals surface area contributed by atoms with Crippen LogP contribution in [-0.4, -0.2) is 22.8 Å². The minimum atomic E-state index is -0.923. The lowest BCUT2D eigenvalue weighted by Crippen LogP contribution is -2.50. The topological polar surface area (TPSA) is 46.5 Å². The smallest absolute Gasteiger partial charge is 0.336 e. The third-order valence-electron chi connectivity index (χ3n) is 3.58. The maximum atomic E-state index is 11.4. The second kappa shape index (κ2) is 4.97. The Morgan fingerprint density at radius 1 is 1.60 bits per heavy atom. The quantitative estimate of drug-likeness (QED) is 0.782. The van der Waals surface area contributed by atoms with Crippen LogP contribution in [0.3, 0.4) is 0 Å². The number of hydrogen-bond acceptors (Lipinski definition) is 2. The SMILES string of the molecule is CCC(C)OC1(C(=O)O)CCCCC1C. The van der Waals surface area contributed by atoms with E-state index in [0.29, 0.717) is 6.42 Å². The first-order valence-electron chi connectivity index (χ1n) is 5.94. The summed E-state index contributed by atoms with van der Waals surface area (Å²) in [7, 11) is 0. The van der Waals surface area contributed by atoms with Gasteiger partial charge >= 0.3 is 5.97 Å². The number of carboxylic acid groups (broad SMARTS) is 1. The fourth-order valence-corrected chi connectivity index (χ4v) is 2.30. The standard InChI is InChI=1S/C12H22O3/c1-4-10(3)15-12(11(13)14)8-6-5-7-9(12)2/h9-10H,4-8H2,1-3H3,(H,13,14). The van der Waals surface area contributed by atoms with E-state index in [4.69, 9.17) is 4.74 Å². The first kappa shape index (κ1) is 12.5. The van der Waals surface area contributed by atoms with Crippen LogP contribution in [0.2, 0.25) is 0 Å². The van der Waals surface area contributed by atoms with Crippen molar-refractivity contribution in [1.29, 1.82) is 0 Å². The Balaban J connectivity index is 2.81. The number of aliphatic carboxylic acids is 1. The van der Waals surface area contributed by atoms with Crippen LogP contribution in [0.4, 0.5) is 0 Å². The molecule has 0 aromatic carbocycles. The van der Waals surface area contributed by atoms with Crippen molar-refractivity contribution in [2.75, 3.05) is 0 Å². The molecule has 15 heavy (non-hydrogen) atoms. The van der Waals surface area contributed by atoms with Gasteiger partial charge in [0.2, 0.25) is 0 Å². The minimum absolute atomic E-state index is 0.0293. The average Bonchev–Trinajstić information content (AvgIpc) is 2.21. The molecule has 1 N–H and O–H groups in total. The van der Waals surface area contributed by atoms with Crippen molar-refractivity contribution < 1.29 is 14.6 Å². The normalized spacial score (nSPS) is 33.7. The van der Waals surface area contributed by atoms with Gasteiger partial charge in [-0.25, -0.2) is 4.79 Å². The largest absolute Gasteiger partial charge is 0.479 e. The first-order chi connectivity index (χ1) is 7.03. The van der Waals surface area contributed by atoms with E-state index in [0.717, 1.165) is 25.7 Å². The van der Waals surface area contributed by atoms with Gasteiger partial charge in [0.15, 0.2) is 5.60 Å². The van der Waals surface area contributed by atoms with Gasteiger partial charge in [-0.2, -0.15) is 0 Å². The highest BCUT2D eigenvalue weighted by Crippen LogP contribution is 2.38. The molecule has 1 saturated carbocycles. The Morgan fingerprint density at radius 2 is 2.27 bits per heavy atom. The van der Waals surface area contributed by atoms with Crippen LogP contribution in [0.5, 0.6) is 0 Å². The molecule has 3 unspecified atom stereocenters. The molecular formula is C12H22O3. The summed E-state index contributed by atoms with van der Waals surface area (Å²) in [5.41, 5.74) is -0.923. The third kappa shape index (κ3) is 2.51. The first-order valence-corrected chi connectivity index (χ1v) is 5.94. The fourth-order valence-electron chi connectivity index (χ4n) is 2.30. The summed E-state index contributed by atoms with van der Waals surface area (Å²) in [6.45, 7) is 5.97. The van der Waals surface area contributed by atoms with Crippen molar-refractivity contribution in [3.8, 4) is 0 Å². The summed E-state index contributed by atoms with van der Waals surface area (Å²) in [5, 5.41) is 9.38. The maximum Gasteiger partial charge on any atom is 0.336 e. The fraction of sp³-hybridized carbons (Fsp3) is 0.917. The Hall–Kier alpha value is -0.570. The van der Waals surface area contributed by atoms with E-state index in [1.54, 1.807) is 0 Å². The van der Waals surface area contributed by atoms with Crippen LogP contribution < -0.4 is 0 Å². The van der Waals surface area contributed by atoms with Gasteiger partial charge in [0.05, 0.1) is 6.10 Å².